The summed E-state index contributed by atoms with van der Waals surface area (Å²) in [5.74, 6) is 0. The first kappa shape index (κ1) is 15.0. The molecule has 2 nitrogen and oxygen atoms in total. The summed E-state index contributed by atoms with van der Waals surface area (Å²) in [6, 6.07) is 12.7. The molecule has 0 aliphatic rings. The molecule has 0 saturated heterocycles. The molecule has 0 radical (unpaired) electrons. The normalized spacial score (nSPS) is 14.3. The van der Waals surface area contributed by atoms with Gasteiger partial charge in [0, 0.05) is 21.9 Å². The van der Waals surface area contributed by atoms with E-state index >= 15 is 0 Å². The van der Waals surface area contributed by atoms with Gasteiger partial charge in [0.15, 0.2) is 0 Å². The zero-order valence-corrected chi connectivity index (χ0v) is 13.7. The summed E-state index contributed by atoms with van der Waals surface area (Å²) in [7, 11) is 0. The Morgan fingerprint density at radius 3 is 2.58 bits per heavy atom. The summed E-state index contributed by atoms with van der Waals surface area (Å²) in [6.45, 7) is 2.68. The fourth-order valence-corrected chi connectivity index (χ4v) is 3.75. The van der Waals surface area contributed by atoms with E-state index in [1.807, 2.05) is 24.3 Å². The van der Waals surface area contributed by atoms with Gasteiger partial charge in [0.05, 0.1) is 6.04 Å². The summed E-state index contributed by atoms with van der Waals surface area (Å²) in [4.78, 5) is 1.15. The van der Waals surface area contributed by atoms with E-state index in [9.17, 15) is 0 Å². The van der Waals surface area contributed by atoms with Gasteiger partial charge in [0.2, 0.25) is 0 Å². The lowest BCUT2D eigenvalue weighted by Crippen LogP contribution is -2.29. The maximum absolute atomic E-state index is 6.09. The van der Waals surface area contributed by atoms with Crippen LogP contribution in [0, 0.1) is 0 Å². The second kappa shape index (κ2) is 6.86. The Kier molecular flexibility index (Phi) is 5.42. The maximum atomic E-state index is 6.09. The average Bonchev–Trinajstić information content (AvgIpc) is 2.76. The quantitative estimate of drug-likeness (QED) is 0.824. The van der Waals surface area contributed by atoms with Crippen molar-refractivity contribution in [3.63, 3.8) is 0 Å². The number of benzene rings is 1. The zero-order valence-electron chi connectivity index (χ0n) is 10.6. The third-order valence-electron chi connectivity index (χ3n) is 2.99. The number of nitrogens with two attached hydrogens (primary N) is 1. The molecule has 5 heteroatoms. The molecule has 2 atom stereocenters. The fraction of sp³-hybridized carbons (Fsp3) is 0.286. The molecule has 0 amide bonds. The van der Waals surface area contributed by atoms with E-state index < -0.39 is 0 Å². The summed E-state index contributed by atoms with van der Waals surface area (Å²) in [5.41, 5.74) is 7.13. The predicted molar refractivity (Wildman–Crippen MR) is 86.8 cm³/mol. The molecule has 19 heavy (non-hydrogen) atoms. The third-order valence-corrected chi connectivity index (χ3v) is 5.58. The van der Waals surface area contributed by atoms with Gasteiger partial charge in [-0.2, -0.15) is 0 Å². The van der Waals surface area contributed by atoms with E-state index in [-0.39, 0.29) is 12.1 Å². The minimum atomic E-state index is 0.115. The van der Waals surface area contributed by atoms with Crippen LogP contribution in [0.3, 0.4) is 0 Å². The SMILES string of the molecule is CC(NC(CN)c1cc(Br)c(Cl)s1)c1ccccc1. The Hall–Kier alpha value is -0.390. The first-order valence-corrected chi connectivity index (χ1v) is 8.06. The van der Waals surface area contributed by atoms with Crippen LogP contribution in [0.1, 0.15) is 29.4 Å². The number of hydrogen-bond acceptors (Lipinski definition) is 3. The van der Waals surface area contributed by atoms with Crippen LogP contribution in [0.4, 0.5) is 0 Å². The molecule has 1 aromatic heterocycles. The molecule has 1 heterocycles. The molecule has 0 aliphatic carbocycles. The van der Waals surface area contributed by atoms with E-state index in [4.69, 9.17) is 17.3 Å². The van der Waals surface area contributed by atoms with Crippen molar-refractivity contribution in [2.45, 2.75) is 19.0 Å². The Morgan fingerprint density at radius 2 is 2.05 bits per heavy atom. The summed E-state index contributed by atoms with van der Waals surface area (Å²) < 4.78 is 1.70. The van der Waals surface area contributed by atoms with Crippen molar-refractivity contribution in [3.8, 4) is 0 Å². The molecular weight excluding hydrogens is 344 g/mol. The van der Waals surface area contributed by atoms with Crippen LogP contribution in [-0.2, 0) is 0 Å². The number of rotatable bonds is 5. The largest absolute Gasteiger partial charge is 0.329 e. The Labute approximate surface area is 131 Å². The molecule has 0 aliphatic heterocycles. The highest BCUT2D eigenvalue weighted by Crippen LogP contribution is 2.35. The van der Waals surface area contributed by atoms with Gasteiger partial charge in [-0.3, -0.25) is 0 Å². The van der Waals surface area contributed by atoms with Crippen LogP contribution in [0.2, 0.25) is 4.34 Å². The minimum absolute atomic E-state index is 0.115. The fourth-order valence-electron chi connectivity index (χ4n) is 1.94. The third kappa shape index (κ3) is 3.80. The van der Waals surface area contributed by atoms with Gasteiger partial charge in [-0.05, 0) is 34.5 Å². The van der Waals surface area contributed by atoms with E-state index in [0.717, 1.165) is 13.7 Å². The van der Waals surface area contributed by atoms with Gasteiger partial charge in [-0.25, -0.2) is 0 Å². The van der Waals surface area contributed by atoms with Gasteiger partial charge < -0.3 is 11.1 Å². The van der Waals surface area contributed by atoms with Crippen LogP contribution in [0.5, 0.6) is 0 Å². The molecule has 2 unspecified atom stereocenters. The number of thiophene rings is 1. The molecule has 0 spiro atoms. The van der Waals surface area contributed by atoms with Crippen molar-refractivity contribution in [2.75, 3.05) is 6.54 Å². The highest BCUT2D eigenvalue weighted by Gasteiger charge is 2.17. The topological polar surface area (TPSA) is 38.0 Å². The van der Waals surface area contributed by atoms with Gasteiger partial charge >= 0.3 is 0 Å². The van der Waals surface area contributed by atoms with Crippen LogP contribution >= 0.6 is 38.9 Å². The molecule has 2 rings (SSSR count). The van der Waals surface area contributed by atoms with Gasteiger partial charge in [-0.1, -0.05) is 41.9 Å². The second-order valence-corrected chi connectivity index (χ2v) is 6.90. The minimum Gasteiger partial charge on any atom is -0.329 e. The molecule has 1 aromatic carbocycles. The monoisotopic (exact) mass is 358 g/mol. The molecule has 0 bridgehead atoms. The zero-order chi connectivity index (χ0) is 13.8. The van der Waals surface area contributed by atoms with Gasteiger partial charge in [-0.15, -0.1) is 11.3 Å². The standard InChI is InChI=1S/C14H16BrClN2S/c1-9(10-5-3-2-4-6-10)18-12(8-17)13-7-11(15)14(16)19-13/h2-7,9,12,18H,8,17H2,1H3. The highest BCUT2D eigenvalue weighted by molar-refractivity contribution is 9.10. The van der Waals surface area contributed by atoms with Crippen molar-refractivity contribution in [3.05, 3.63) is 55.6 Å². The number of hydrogen-bond donors (Lipinski definition) is 2. The average molecular weight is 360 g/mol. The van der Waals surface area contributed by atoms with Crippen molar-refractivity contribution < 1.29 is 0 Å². The van der Waals surface area contributed by atoms with Crippen molar-refractivity contribution >= 4 is 38.9 Å². The summed E-state index contributed by atoms with van der Waals surface area (Å²) in [6.07, 6.45) is 0. The lowest BCUT2D eigenvalue weighted by atomic mass is 10.1. The van der Waals surface area contributed by atoms with E-state index in [0.29, 0.717) is 6.54 Å². The summed E-state index contributed by atoms with van der Waals surface area (Å²) >= 11 is 11.1. The lowest BCUT2D eigenvalue weighted by Gasteiger charge is -2.21. The van der Waals surface area contributed by atoms with Crippen LogP contribution in [0.25, 0.3) is 0 Å². The molecule has 2 aromatic rings. The second-order valence-electron chi connectivity index (χ2n) is 4.36. The highest BCUT2D eigenvalue weighted by atomic mass is 79.9. The first-order chi connectivity index (χ1) is 9.11. The van der Waals surface area contributed by atoms with Gasteiger partial charge in [0.1, 0.15) is 4.34 Å². The first-order valence-electron chi connectivity index (χ1n) is 6.07. The Bertz CT molecular complexity index is 510. The number of nitrogens with one attached hydrogen (secondary N) is 1. The molecular formula is C14H16BrClN2S. The molecule has 3 N–H and O–H groups in total. The maximum Gasteiger partial charge on any atom is 0.107 e. The van der Waals surface area contributed by atoms with Crippen molar-refractivity contribution in [1.29, 1.82) is 0 Å². The van der Waals surface area contributed by atoms with Crippen LogP contribution in [0.15, 0.2) is 40.9 Å². The number of halogens is 2. The predicted octanol–water partition coefficient (Wildman–Crippen LogP) is 4.51. The van der Waals surface area contributed by atoms with Crippen molar-refractivity contribution in [1.82, 2.24) is 5.32 Å². The van der Waals surface area contributed by atoms with E-state index in [2.05, 4.69) is 40.3 Å². The molecule has 102 valence electrons. The smallest absolute Gasteiger partial charge is 0.107 e. The van der Waals surface area contributed by atoms with Crippen LogP contribution in [-0.4, -0.2) is 6.54 Å². The van der Waals surface area contributed by atoms with E-state index in [1.54, 1.807) is 11.3 Å². The van der Waals surface area contributed by atoms with Crippen LogP contribution < -0.4 is 11.1 Å². The summed E-state index contributed by atoms with van der Waals surface area (Å²) in [5, 5.41) is 3.55. The molecule has 0 saturated carbocycles. The van der Waals surface area contributed by atoms with E-state index in [1.165, 1.54) is 5.56 Å². The Morgan fingerprint density at radius 1 is 1.37 bits per heavy atom. The lowest BCUT2D eigenvalue weighted by molar-refractivity contribution is 0.478. The van der Waals surface area contributed by atoms with Gasteiger partial charge in [0.25, 0.3) is 0 Å². The Balaban J connectivity index is 2.11. The molecule has 0 fully saturated rings. The van der Waals surface area contributed by atoms with Crippen molar-refractivity contribution in [2.24, 2.45) is 5.73 Å².